The van der Waals surface area contributed by atoms with Crippen LogP contribution in [0.15, 0.2) is 24.5 Å². The number of carbonyl (C=O) groups excluding carboxylic acids is 1. The van der Waals surface area contributed by atoms with E-state index >= 15 is 0 Å². The smallest absolute Gasteiger partial charge is 0.228 e. The lowest BCUT2D eigenvalue weighted by atomic mass is 10.2. The van der Waals surface area contributed by atoms with Crippen molar-refractivity contribution in [1.29, 1.82) is 0 Å². The van der Waals surface area contributed by atoms with Gasteiger partial charge in [0.15, 0.2) is 9.84 Å². The van der Waals surface area contributed by atoms with E-state index in [9.17, 15) is 13.2 Å². The Morgan fingerprint density at radius 3 is 2.95 bits per heavy atom. The maximum absolute atomic E-state index is 12.2. The molecule has 0 aromatic carbocycles. The van der Waals surface area contributed by atoms with Crippen LogP contribution in [0.25, 0.3) is 0 Å². The van der Waals surface area contributed by atoms with E-state index in [4.69, 9.17) is 0 Å². The van der Waals surface area contributed by atoms with Crippen molar-refractivity contribution in [2.75, 3.05) is 37.0 Å². The summed E-state index contributed by atoms with van der Waals surface area (Å²) in [6.07, 6.45) is 3.45. The Morgan fingerprint density at radius 1 is 1.55 bits per heavy atom. The Kier molecular flexibility index (Phi) is 4.39. The number of pyridine rings is 1. The van der Waals surface area contributed by atoms with Gasteiger partial charge in [-0.2, -0.15) is 0 Å². The minimum Gasteiger partial charge on any atom is -0.314 e. The van der Waals surface area contributed by atoms with E-state index in [1.54, 1.807) is 31.6 Å². The zero-order valence-corrected chi connectivity index (χ0v) is 12.5. The highest BCUT2D eigenvalue weighted by atomic mass is 32.2. The largest absolute Gasteiger partial charge is 0.314 e. The average molecular weight is 297 g/mol. The zero-order chi connectivity index (χ0) is 14.8. The van der Waals surface area contributed by atoms with Gasteiger partial charge in [0, 0.05) is 32.3 Å². The second kappa shape index (κ2) is 5.88. The summed E-state index contributed by atoms with van der Waals surface area (Å²) < 4.78 is 23.3. The lowest BCUT2D eigenvalue weighted by molar-refractivity contribution is -0.119. The summed E-state index contributed by atoms with van der Waals surface area (Å²) in [7, 11) is 0.510. The molecule has 1 aromatic rings. The SMILES string of the molecule is CN(C(=O)CC1CS(=O)(=O)CCN1C)c1cccnc1. The van der Waals surface area contributed by atoms with E-state index in [1.165, 1.54) is 4.90 Å². The number of amides is 1. The molecule has 7 heteroatoms. The highest BCUT2D eigenvalue weighted by molar-refractivity contribution is 7.91. The summed E-state index contributed by atoms with van der Waals surface area (Å²) in [5.74, 6) is 0.120. The lowest BCUT2D eigenvalue weighted by Crippen LogP contribution is -2.48. The highest BCUT2D eigenvalue weighted by Gasteiger charge is 2.31. The van der Waals surface area contributed by atoms with Gasteiger partial charge in [-0.25, -0.2) is 8.42 Å². The van der Waals surface area contributed by atoms with Gasteiger partial charge in [0.25, 0.3) is 0 Å². The van der Waals surface area contributed by atoms with E-state index in [2.05, 4.69) is 4.98 Å². The molecule has 0 saturated carbocycles. The van der Waals surface area contributed by atoms with Gasteiger partial charge in [0.05, 0.1) is 23.4 Å². The lowest BCUT2D eigenvalue weighted by Gasteiger charge is -2.32. The second-order valence-electron chi connectivity index (χ2n) is 5.12. The Hall–Kier alpha value is -1.47. The van der Waals surface area contributed by atoms with E-state index < -0.39 is 9.84 Å². The number of sulfone groups is 1. The average Bonchev–Trinajstić information content (AvgIpc) is 2.43. The normalized spacial score (nSPS) is 22.4. The van der Waals surface area contributed by atoms with Gasteiger partial charge in [-0.15, -0.1) is 0 Å². The Bertz CT molecular complexity index is 574. The van der Waals surface area contributed by atoms with E-state index in [0.717, 1.165) is 0 Å². The van der Waals surface area contributed by atoms with Crippen LogP contribution in [-0.2, 0) is 14.6 Å². The van der Waals surface area contributed by atoms with Crippen molar-refractivity contribution in [2.24, 2.45) is 0 Å². The predicted octanol–water partition coefficient (Wildman–Crippen LogP) is 0.163. The maximum Gasteiger partial charge on any atom is 0.228 e. The first-order valence-corrected chi connectivity index (χ1v) is 8.28. The van der Waals surface area contributed by atoms with Crippen molar-refractivity contribution in [1.82, 2.24) is 9.88 Å². The fourth-order valence-corrected chi connectivity index (χ4v) is 3.91. The van der Waals surface area contributed by atoms with Crippen molar-refractivity contribution < 1.29 is 13.2 Å². The minimum atomic E-state index is -3.03. The van der Waals surface area contributed by atoms with Crippen LogP contribution >= 0.6 is 0 Å². The third-order valence-corrected chi connectivity index (χ3v) is 5.34. The predicted molar refractivity (Wildman–Crippen MR) is 77.3 cm³/mol. The first-order valence-electron chi connectivity index (χ1n) is 6.46. The molecule has 1 aliphatic rings. The minimum absolute atomic E-state index is 0.0517. The van der Waals surface area contributed by atoms with Gasteiger partial charge in [0.2, 0.25) is 5.91 Å². The van der Waals surface area contributed by atoms with Gasteiger partial charge >= 0.3 is 0 Å². The number of anilines is 1. The summed E-state index contributed by atoms with van der Waals surface area (Å²) >= 11 is 0. The first kappa shape index (κ1) is 14.9. The van der Waals surface area contributed by atoms with Crippen LogP contribution in [0.1, 0.15) is 6.42 Å². The van der Waals surface area contributed by atoms with Crippen LogP contribution in [0, 0.1) is 0 Å². The van der Waals surface area contributed by atoms with Crippen LogP contribution in [0.2, 0.25) is 0 Å². The molecule has 1 atom stereocenters. The molecule has 1 fully saturated rings. The molecule has 0 spiro atoms. The number of nitrogens with zero attached hydrogens (tertiary/aromatic N) is 3. The molecule has 2 rings (SSSR count). The van der Waals surface area contributed by atoms with Crippen LogP contribution < -0.4 is 4.90 Å². The number of aromatic nitrogens is 1. The van der Waals surface area contributed by atoms with Gasteiger partial charge in [-0.1, -0.05) is 0 Å². The molecule has 0 bridgehead atoms. The van der Waals surface area contributed by atoms with Crippen molar-refractivity contribution in [3.8, 4) is 0 Å². The third-order valence-electron chi connectivity index (χ3n) is 3.64. The van der Waals surface area contributed by atoms with Crippen molar-refractivity contribution >= 4 is 21.4 Å². The molecule has 110 valence electrons. The molecule has 2 heterocycles. The fourth-order valence-electron chi connectivity index (χ4n) is 2.22. The molecule has 1 saturated heterocycles. The highest BCUT2D eigenvalue weighted by Crippen LogP contribution is 2.16. The molecule has 20 heavy (non-hydrogen) atoms. The Morgan fingerprint density at radius 2 is 2.30 bits per heavy atom. The van der Waals surface area contributed by atoms with Crippen molar-refractivity contribution in [3.05, 3.63) is 24.5 Å². The molecule has 1 unspecified atom stereocenters. The standard InChI is InChI=1S/C13H19N3O3S/c1-15-6-7-20(18,19)10-12(15)8-13(17)16(2)11-4-3-5-14-9-11/h3-5,9,12H,6-8,10H2,1-2H3. The number of rotatable bonds is 3. The van der Waals surface area contributed by atoms with Gasteiger partial charge in [0.1, 0.15) is 0 Å². The quantitative estimate of drug-likeness (QED) is 0.795. The third kappa shape index (κ3) is 3.55. The van der Waals surface area contributed by atoms with Crippen LogP contribution in [0.5, 0.6) is 0 Å². The maximum atomic E-state index is 12.2. The van der Waals surface area contributed by atoms with Gasteiger partial charge in [-0.05, 0) is 19.2 Å². The molecule has 1 aromatic heterocycles. The van der Waals surface area contributed by atoms with E-state index in [-0.39, 0.29) is 29.9 Å². The summed E-state index contributed by atoms with van der Waals surface area (Å²) in [6, 6.07) is 3.31. The molecule has 0 N–H and O–H groups in total. The molecule has 1 aliphatic heterocycles. The monoisotopic (exact) mass is 297 g/mol. The van der Waals surface area contributed by atoms with Crippen molar-refractivity contribution in [3.63, 3.8) is 0 Å². The van der Waals surface area contributed by atoms with Crippen LogP contribution in [0.4, 0.5) is 5.69 Å². The van der Waals surface area contributed by atoms with Gasteiger partial charge < -0.3 is 9.80 Å². The topological polar surface area (TPSA) is 70.6 Å². The zero-order valence-electron chi connectivity index (χ0n) is 11.7. The first-order chi connectivity index (χ1) is 9.39. The van der Waals surface area contributed by atoms with E-state index in [0.29, 0.717) is 12.2 Å². The molecule has 6 nitrogen and oxygen atoms in total. The summed E-state index contributed by atoms with van der Waals surface area (Å²) in [5, 5.41) is 0. The van der Waals surface area contributed by atoms with Crippen LogP contribution in [-0.4, -0.2) is 62.4 Å². The molecular weight excluding hydrogens is 278 g/mol. The second-order valence-corrected chi connectivity index (χ2v) is 7.35. The molecule has 0 aliphatic carbocycles. The fraction of sp³-hybridized carbons (Fsp3) is 0.538. The van der Waals surface area contributed by atoms with Crippen molar-refractivity contribution in [2.45, 2.75) is 12.5 Å². The summed E-state index contributed by atoms with van der Waals surface area (Å²) in [5.41, 5.74) is 0.707. The van der Waals surface area contributed by atoms with Crippen LogP contribution in [0.3, 0.4) is 0 Å². The molecule has 0 radical (unpaired) electrons. The van der Waals surface area contributed by atoms with E-state index in [1.807, 2.05) is 11.9 Å². The van der Waals surface area contributed by atoms with Gasteiger partial charge in [-0.3, -0.25) is 9.78 Å². The molecule has 1 amide bonds. The Labute approximate surface area is 119 Å². The Balaban J connectivity index is 2.04. The molecular formula is C13H19N3O3S. The summed E-state index contributed by atoms with van der Waals surface area (Å²) in [6.45, 7) is 0.483. The number of hydrogen-bond donors (Lipinski definition) is 0. The number of carbonyl (C=O) groups is 1. The number of hydrogen-bond acceptors (Lipinski definition) is 5. The summed E-state index contributed by atoms with van der Waals surface area (Å²) in [4.78, 5) is 19.7.